The lowest BCUT2D eigenvalue weighted by Gasteiger charge is -2.07. The van der Waals surface area contributed by atoms with Crippen LogP contribution < -0.4 is 5.32 Å². The average molecular weight is 327 g/mol. The van der Waals surface area contributed by atoms with Crippen LogP contribution in [0.5, 0.6) is 0 Å². The van der Waals surface area contributed by atoms with Crippen molar-refractivity contribution in [2.45, 2.75) is 13.8 Å². The summed E-state index contributed by atoms with van der Waals surface area (Å²) in [4.78, 5) is 23.4. The molecule has 4 nitrogen and oxygen atoms in total. The first-order valence-corrected chi connectivity index (χ1v) is 7.41. The van der Waals surface area contributed by atoms with Crippen molar-refractivity contribution in [1.82, 2.24) is 0 Å². The summed E-state index contributed by atoms with van der Waals surface area (Å²) in [5, 5.41) is 2.68. The second-order valence-corrected chi connectivity index (χ2v) is 5.42. The molecule has 0 radical (unpaired) electrons. The van der Waals surface area contributed by atoms with Gasteiger partial charge in [0.25, 0.3) is 5.91 Å². The largest absolute Gasteiger partial charge is 0.452 e. The molecule has 5 heteroatoms. The number of carbonyl (C=O) groups is 2. The predicted molar refractivity (Wildman–Crippen MR) is 90.9 cm³/mol. The number of anilines is 1. The summed E-state index contributed by atoms with van der Waals surface area (Å²) in [7, 11) is 0. The summed E-state index contributed by atoms with van der Waals surface area (Å²) < 4.78 is 17.6. The molecule has 124 valence electrons. The van der Waals surface area contributed by atoms with Crippen LogP contribution in [0.1, 0.15) is 16.7 Å². The van der Waals surface area contributed by atoms with E-state index in [9.17, 15) is 14.0 Å². The molecule has 0 bridgehead atoms. The Morgan fingerprint density at radius 3 is 2.33 bits per heavy atom. The van der Waals surface area contributed by atoms with Gasteiger partial charge in [0.2, 0.25) is 0 Å². The van der Waals surface area contributed by atoms with E-state index >= 15 is 0 Å². The summed E-state index contributed by atoms with van der Waals surface area (Å²) in [6.45, 7) is 3.49. The Labute approximate surface area is 140 Å². The summed E-state index contributed by atoms with van der Waals surface area (Å²) >= 11 is 0. The number of hydrogen-bond donors (Lipinski definition) is 1. The fourth-order valence-electron chi connectivity index (χ4n) is 2.17. The molecule has 0 atom stereocenters. The van der Waals surface area contributed by atoms with Crippen molar-refractivity contribution in [3.63, 3.8) is 0 Å². The van der Waals surface area contributed by atoms with E-state index in [0.717, 1.165) is 11.1 Å². The molecule has 2 rings (SSSR count). The van der Waals surface area contributed by atoms with Crippen molar-refractivity contribution in [1.29, 1.82) is 0 Å². The molecule has 0 aliphatic carbocycles. The van der Waals surface area contributed by atoms with E-state index in [1.54, 1.807) is 0 Å². The maximum atomic E-state index is 12.8. The summed E-state index contributed by atoms with van der Waals surface area (Å²) in [6.07, 6.45) is 2.68. The number of halogens is 1. The predicted octanol–water partition coefficient (Wildman–Crippen LogP) is 3.64. The van der Waals surface area contributed by atoms with Gasteiger partial charge in [-0.2, -0.15) is 0 Å². The average Bonchev–Trinajstić information content (AvgIpc) is 2.51. The zero-order chi connectivity index (χ0) is 17.5. The molecule has 0 aliphatic rings. The third kappa shape index (κ3) is 5.68. The molecule has 0 aromatic heterocycles. The molecule has 0 fully saturated rings. The van der Waals surface area contributed by atoms with Crippen LogP contribution in [0.3, 0.4) is 0 Å². The Kier molecular flexibility index (Phi) is 5.84. The Morgan fingerprint density at radius 2 is 1.71 bits per heavy atom. The van der Waals surface area contributed by atoms with Crippen LogP contribution in [0.4, 0.5) is 10.1 Å². The van der Waals surface area contributed by atoms with Crippen molar-refractivity contribution in [3.05, 3.63) is 71.0 Å². The van der Waals surface area contributed by atoms with Crippen molar-refractivity contribution in [2.24, 2.45) is 0 Å². The van der Waals surface area contributed by atoms with E-state index in [4.69, 9.17) is 4.74 Å². The van der Waals surface area contributed by atoms with Crippen LogP contribution in [0.15, 0.2) is 48.5 Å². The van der Waals surface area contributed by atoms with Crippen molar-refractivity contribution in [3.8, 4) is 0 Å². The third-order valence-corrected chi connectivity index (χ3v) is 3.13. The van der Waals surface area contributed by atoms with Gasteiger partial charge in [0.1, 0.15) is 5.82 Å². The standard InChI is InChI=1S/C19H18FNO3/c1-13-9-14(2)11-17(10-13)21-18(22)12-24-19(23)8-5-15-3-6-16(20)7-4-15/h3-11H,12H2,1-2H3,(H,21,22). The van der Waals surface area contributed by atoms with Crippen LogP contribution in [-0.2, 0) is 14.3 Å². The van der Waals surface area contributed by atoms with Gasteiger partial charge in [0.15, 0.2) is 6.61 Å². The Bertz CT molecular complexity index is 746. The minimum Gasteiger partial charge on any atom is -0.452 e. The van der Waals surface area contributed by atoms with Gasteiger partial charge in [-0.05, 0) is 60.9 Å². The zero-order valence-corrected chi connectivity index (χ0v) is 13.5. The maximum Gasteiger partial charge on any atom is 0.331 e. The lowest BCUT2D eigenvalue weighted by atomic mass is 10.1. The molecule has 1 amide bonds. The van der Waals surface area contributed by atoms with E-state index in [1.165, 1.54) is 36.4 Å². The molecule has 0 saturated carbocycles. The van der Waals surface area contributed by atoms with Gasteiger partial charge in [0.05, 0.1) is 0 Å². The van der Waals surface area contributed by atoms with Crippen LogP contribution in [0.2, 0.25) is 0 Å². The van der Waals surface area contributed by atoms with Crippen molar-refractivity contribution < 1.29 is 18.7 Å². The Hall–Kier alpha value is -2.95. The van der Waals surface area contributed by atoms with E-state index in [-0.39, 0.29) is 12.4 Å². The quantitative estimate of drug-likeness (QED) is 0.674. The van der Waals surface area contributed by atoms with Gasteiger partial charge < -0.3 is 10.1 Å². The van der Waals surface area contributed by atoms with Gasteiger partial charge in [-0.15, -0.1) is 0 Å². The van der Waals surface area contributed by atoms with Crippen LogP contribution in [-0.4, -0.2) is 18.5 Å². The molecule has 0 heterocycles. The summed E-state index contributed by atoms with van der Waals surface area (Å²) in [5.74, 6) is -1.41. The molecule has 0 aliphatic heterocycles. The van der Waals surface area contributed by atoms with E-state index in [1.807, 2.05) is 32.0 Å². The van der Waals surface area contributed by atoms with Gasteiger partial charge in [-0.1, -0.05) is 18.2 Å². The summed E-state index contributed by atoms with van der Waals surface area (Å²) in [5.41, 5.74) is 3.39. The smallest absolute Gasteiger partial charge is 0.331 e. The first kappa shape index (κ1) is 17.4. The molecular weight excluding hydrogens is 309 g/mol. The Morgan fingerprint density at radius 1 is 1.08 bits per heavy atom. The minimum absolute atomic E-state index is 0.349. The van der Waals surface area contributed by atoms with E-state index in [2.05, 4.69) is 5.32 Å². The van der Waals surface area contributed by atoms with Gasteiger partial charge >= 0.3 is 5.97 Å². The second kappa shape index (κ2) is 8.06. The number of rotatable bonds is 5. The summed E-state index contributed by atoms with van der Waals surface area (Å²) in [6, 6.07) is 11.3. The minimum atomic E-state index is -0.644. The van der Waals surface area contributed by atoms with Gasteiger partial charge in [-0.25, -0.2) is 9.18 Å². The lowest BCUT2D eigenvalue weighted by Crippen LogP contribution is -2.20. The van der Waals surface area contributed by atoms with E-state index in [0.29, 0.717) is 11.3 Å². The molecule has 24 heavy (non-hydrogen) atoms. The highest BCUT2D eigenvalue weighted by atomic mass is 19.1. The molecular formula is C19H18FNO3. The van der Waals surface area contributed by atoms with Crippen LogP contribution in [0, 0.1) is 19.7 Å². The first-order valence-electron chi connectivity index (χ1n) is 7.41. The molecule has 0 spiro atoms. The number of aryl methyl sites for hydroxylation is 2. The number of benzene rings is 2. The van der Waals surface area contributed by atoms with E-state index < -0.39 is 11.9 Å². The van der Waals surface area contributed by atoms with Crippen LogP contribution >= 0.6 is 0 Å². The molecule has 1 N–H and O–H groups in total. The van der Waals surface area contributed by atoms with Gasteiger partial charge in [-0.3, -0.25) is 4.79 Å². The SMILES string of the molecule is Cc1cc(C)cc(NC(=O)COC(=O)C=Cc2ccc(F)cc2)c1. The Balaban J connectivity index is 1.82. The van der Waals surface area contributed by atoms with Gasteiger partial charge in [0, 0.05) is 11.8 Å². The molecule has 2 aromatic rings. The lowest BCUT2D eigenvalue weighted by molar-refractivity contribution is -0.142. The topological polar surface area (TPSA) is 55.4 Å². The van der Waals surface area contributed by atoms with Crippen LogP contribution in [0.25, 0.3) is 6.08 Å². The second-order valence-electron chi connectivity index (χ2n) is 5.42. The van der Waals surface area contributed by atoms with Crippen molar-refractivity contribution >= 4 is 23.6 Å². The fourth-order valence-corrected chi connectivity index (χ4v) is 2.17. The number of ether oxygens (including phenoxy) is 1. The molecule has 2 aromatic carbocycles. The number of hydrogen-bond acceptors (Lipinski definition) is 3. The third-order valence-electron chi connectivity index (χ3n) is 3.13. The fraction of sp³-hybridized carbons (Fsp3) is 0.158. The number of carbonyl (C=O) groups excluding carboxylic acids is 2. The highest BCUT2D eigenvalue weighted by Crippen LogP contribution is 2.13. The normalized spacial score (nSPS) is 10.6. The monoisotopic (exact) mass is 327 g/mol. The number of amides is 1. The zero-order valence-electron chi connectivity index (χ0n) is 13.5. The maximum absolute atomic E-state index is 12.8. The first-order chi connectivity index (χ1) is 11.4. The highest BCUT2D eigenvalue weighted by molar-refractivity contribution is 5.94. The number of esters is 1. The molecule has 0 saturated heterocycles. The molecule has 0 unspecified atom stereocenters. The number of nitrogens with one attached hydrogen (secondary N) is 1. The van der Waals surface area contributed by atoms with Crippen molar-refractivity contribution in [2.75, 3.05) is 11.9 Å². The highest BCUT2D eigenvalue weighted by Gasteiger charge is 2.06.